The summed E-state index contributed by atoms with van der Waals surface area (Å²) < 4.78 is 13.7. The molecule has 3 unspecified atom stereocenters. The highest BCUT2D eigenvalue weighted by molar-refractivity contribution is 6.24. The van der Waals surface area contributed by atoms with Crippen LogP contribution in [0.1, 0.15) is 41.3 Å². The van der Waals surface area contributed by atoms with Crippen LogP contribution in [-0.2, 0) is 10.6 Å². The number of hydrogen-bond donors (Lipinski definition) is 2. The maximum absolute atomic E-state index is 13.7. The SMILES string of the molecule is CCCN1CCC(O)(c2cccc(C(N)=O)c2)C(CN(C)C)C1(Cl)c1ccc(F)cc1. The highest BCUT2D eigenvalue weighted by atomic mass is 35.5. The van der Waals surface area contributed by atoms with Gasteiger partial charge >= 0.3 is 0 Å². The zero-order valence-corrected chi connectivity index (χ0v) is 19.1. The normalized spacial score (nSPS) is 26.9. The average molecular weight is 448 g/mol. The van der Waals surface area contributed by atoms with Gasteiger partial charge in [0.25, 0.3) is 0 Å². The predicted octanol–water partition coefficient (Wildman–Crippen LogP) is 3.50. The van der Waals surface area contributed by atoms with E-state index in [0.717, 1.165) is 18.5 Å². The molecule has 5 nitrogen and oxygen atoms in total. The van der Waals surface area contributed by atoms with Gasteiger partial charge < -0.3 is 15.7 Å². The molecule has 3 N–H and O–H groups in total. The van der Waals surface area contributed by atoms with Crippen LogP contribution in [0.25, 0.3) is 0 Å². The van der Waals surface area contributed by atoms with Gasteiger partial charge in [0.2, 0.25) is 5.91 Å². The molecule has 31 heavy (non-hydrogen) atoms. The predicted molar refractivity (Wildman–Crippen MR) is 121 cm³/mol. The first-order valence-electron chi connectivity index (χ1n) is 10.6. The van der Waals surface area contributed by atoms with Crippen molar-refractivity contribution in [1.29, 1.82) is 0 Å². The Bertz CT molecular complexity index is 923. The Labute approximate surface area is 188 Å². The van der Waals surface area contributed by atoms with Gasteiger partial charge in [0.1, 0.15) is 10.8 Å². The Morgan fingerprint density at radius 1 is 1.26 bits per heavy atom. The summed E-state index contributed by atoms with van der Waals surface area (Å²) in [6.45, 7) is 3.86. The summed E-state index contributed by atoms with van der Waals surface area (Å²) in [5.74, 6) is -1.35. The monoisotopic (exact) mass is 447 g/mol. The van der Waals surface area contributed by atoms with Crippen LogP contribution in [0.15, 0.2) is 48.5 Å². The van der Waals surface area contributed by atoms with E-state index in [1.807, 2.05) is 25.1 Å². The molecule has 0 aromatic heterocycles. The average Bonchev–Trinajstić information content (AvgIpc) is 2.74. The van der Waals surface area contributed by atoms with Gasteiger partial charge in [0.05, 0.1) is 5.60 Å². The van der Waals surface area contributed by atoms with E-state index in [0.29, 0.717) is 30.6 Å². The van der Waals surface area contributed by atoms with Gasteiger partial charge in [-0.1, -0.05) is 42.8 Å². The number of piperidine rings is 1. The third-order valence-electron chi connectivity index (χ3n) is 6.20. The maximum atomic E-state index is 13.7. The third kappa shape index (κ3) is 4.48. The highest BCUT2D eigenvalue weighted by Gasteiger charge is 2.57. The Hall–Kier alpha value is -1.99. The number of alkyl halides is 1. The number of carbonyl (C=O) groups is 1. The van der Waals surface area contributed by atoms with Crippen molar-refractivity contribution in [1.82, 2.24) is 9.80 Å². The quantitative estimate of drug-likeness (QED) is 0.503. The van der Waals surface area contributed by atoms with Gasteiger partial charge in [-0.15, -0.1) is 0 Å². The topological polar surface area (TPSA) is 69.8 Å². The Morgan fingerprint density at radius 2 is 1.94 bits per heavy atom. The number of hydrogen-bond acceptors (Lipinski definition) is 4. The summed E-state index contributed by atoms with van der Waals surface area (Å²) in [5.41, 5.74) is 5.87. The van der Waals surface area contributed by atoms with Crippen LogP contribution in [0, 0.1) is 11.7 Å². The number of amides is 1. The van der Waals surface area contributed by atoms with E-state index in [2.05, 4.69) is 11.8 Å². The van der Waals surface area contributed by atoms with Crippen LogP contribution < -0.4 is 5.73 Å². The van der Waals surface area contributed by atoms with Crippen LogP contribution in [0.2, 0.25) is 0 Å². The summed E-state index contributed by atoms with van der Waals surface area (Å²) in [4.78, 5) is 14.9. The minimum Gasteiger partial charge on any atom is -0.385 e. The van der Waals surface area contributed by atoms with E-state index in [-0.39, 0.29) is 5.82 Å². The van der Waals surface area contributed by atoms with Crippen molar-refractivity contribution in [3.63, 3.8) is 0 Å². The van der Waals surface area contributed by atoms with Crippen LogP contribution in [0.4, 0.5) is 4.39 Å². The number of rotatable bonds is 7. The number of aliphatic hydroxyl groups is 1. The van der Waals surface area contributed by atoms with Crippen molar-refractivity contribution in [2.24, 2.45) is 11.7 Å². The second-order valence-electron chi connectivity index (χ2n) is 8.60. The number of primary amides is 1. The summed E-state index contributed by atoms with van der Waals surface area (Å²) in [5, 5.41) is 12.1. The lowest BCUT2D eigenvalue weighted by Crippen LogP contribution is -2.62. The van der Waals surface area contributed by atoms with E-state index < -0.39 is 22.4 Å². The van der Waals surface area contributed by atoms with Crippen molar-refractivity contribution in [3.05, 3.63) is 71.0 Å². The van der Waals surface area contributed by atoms with Gasteiger partial charge in [0.15, 0.2) is 0 Å². The van der Waals surface area contributed by atoms with Gasteiger partial charge in [-0.25, -0.2) is 4.39 Å². The second-order valence-corrected chi connectivity index (χ2v) is 9.18. The first-order valence-corrected chi connectivity index (χ1v) is 11.0. The molecule has 1 fully saturated rings. The van der Waals surface area contributed by atoms with Gasteiger partial charge in [0, 0.05) is 24.6 Å². The van der Waals surface area contributed by atoms with Gasteiger partial charge in [-0.05, 0) is 68.9 Å². The zero-order valence-electron chi connectivity index (χ0n) is 18.3. The zero-order chi connectivity index (χ0) is 22.8. The molecule has 1 saturated heterocycles. The van der Waals surface area contributed by atoms with Crippen molar-refractivity contribution in [2.75, 3.05) is 33.7 Å². The number of carbonyl (C=O) groups excluding carboxylic acids is 1. The van der Waals surface area contributed by atoms with Crippen LogP contribution in [-0.4, -0.2) is 54.5 Å². The molecule has 0 spiro atoms. The number of nitrogens with zero attached hydrogens (tertiary/aromatic N) is 2. The molecule has 3 rings (SSSR count). The molecule has 0 aliphatic carbocycles. The van der Waals surface area contributed by atoms with Crippen molar-refractivity contribution < 1.29 is 14.3 Å². The van der Waals surface area contributed by atoms with E-state index in [1.54, 1.807) is 30.3 Å². The number of benzene rings is 2. The smallest absolute Gasteiger partial charge is 0.248 e. The molecule has 7 heteroatoms. The summed E-state index contributed by atoms with van der Waals surface area (Å²) in [6, 6.07) is 13.0. The minimum atomic E-state index is -1.31. The van der Waals surface area contributed by atoms with Crippen molar-refractivity contribution >= 4 is 17.5 Å². The summed E-state index contributed by atoms with van der Waals surface area (Å²) in [7, 11) is 3.86. The Kier molecular flexibility index (Phi) is 7.06. The molecule has 2 aromatic rings. The first kappa shape index (κ1) is 23.7. The molecule has 1 amide bonds. The second kappa shape index (κ2) is 9.25. The van der Waals surface area contributed by atoms with Crippen LogP contribution in [0.3, 0.4) is 0 Å². The van der Waals surface area contributed by atoms with Gasteiger partial charge in [-0.2, -0.15) is 0 Å². The fourth-order valence-corrected chi connectivity index (χ4v) is 5.26. The van der Waals surface area contributed by atoms with E-state index in [9.17, 15) is 14.3 Å². The first-order chi connectivity index (χ1) is 14.6. The van der Waals surface area contributed by atoms with E-state index >= 15 is 0 Å². The summed E-state index contributed by atoms with van der Waals surface area (Å²) >= 11 is 7.47. The molecule has 168 valence electrons. The molecule has 0 radical (unpaired) electrons. The molecule has 2 aromatic carbocycles. The maximum Gasteiger partial charge on any atom is 0.248 e. The number of likely N-dealkylation sites (tertiary alicyclic amines) is 1. The van der Waals surface area contributed by atoms with Crippen molar-refractivity contribution in [3.8, 4) is 0 Å². The van der Waals surface area contributed by atoms with Crippen molar-refractivity contribution in [2.45, 2.75) is 30.4 Å². The standard InChI is InChI=1S/C24H31ClFN3O2/c1-4-13-29-14-12-23(31,19-7-5-6-17(15-19)22(27)30)21(16-28(2)3)24(29,25)18-8-10-20(26)11-9-18/h5-11,15,21,31H,4,12-14,16H2,1-3H3,(H2,27,30). The van der Waals surface area contributed by atoms with Crippen LogP contribution >= 0.6 is 11.6 Å². The van der Waals surface area contributed by atoms with E-state index in [1.165, 1.54) is 12.1 Å². The summed E-state index contributed by atoms with van der Waals surface area (Å²) in [6.07, 6.45) is 1.34. The highest BCUT2D eigenvalue weighted by Crippen LogP contribution is 2.53. The molecule has 1 heterocycles. The van der Waals surface area contributed by atoms with E-state index in [4.69, 9.17) is 17.3 Å². The molecule has 3 atom stereocenters. The molecule has 0 bridgehead atoms. The number of nitrogens with two attached hydrogens (primary N) is 1. The molecule has 1 aliphatic heterocycles. The van der Waals surface area contributed by atoms with Gasteiger partial charge in [-0.3, -0.25) is 9.69 Å². The lowest BCUT2D eigenvalue weighted by Gasteiger charge is -2.56. The molecular formula is C24H31ClFN3O2. The fourth-order valence-electron chi connectivity index (χ4n) is 4.72. The lowest BCUT2D eigenvalue weighted by molar-refractivity contribution is -0.130. The lowest BCUT2D eigenvalue weighted by atomic mass is 9.69. The molecular weight excluding hydrogens is 417 g/mol. The number of halogens is 2. The molecule has 0 saturated carbocycles. The third-order valence-corrected chi connectivity index (χ3v) is 6.92. The minimum absolute atomic E-state index is 0.338. The Balaban J connectivity index is 2.20. The molecule has 1 aliphatic rings. The fraction of sp³-hybridized carbons (Fsp3) is 0.458. The Morgan fingerprint density at radius 3 is 2.52 bits per heavy atom. The van der Waals surface area contributed by atoms with Crippen LogP contribution in [0.5, 0.6) is 0 Å². The largest absolute Gasteiger partial charge is 0.385 e.